The van der Waals surface area contributed by atoms with Gasteiger partial charge in [0.25, 0.3) is 0 Å². The van der Waals surface area contributed by atoms with Gasteiger partial charge in [-0.05, 0) is 19.8 Å². The molecule has 0 bridgehead atoms. The molecule has 0 aliphatic rings. The molecule has 2 atom stereocenters. The summed E-state index contributed by atoms with van der Waals surface area (Å²) < 4.78 is 0. The average Bonchev–Trinajstić information content (AvgIpc) is 2.12. The Morgan fingerprint density at radius 3 is 2.42 bits per heavy atom. The van der Waals surface area contributed by atoms with Gasteiger partial charge in [-0.25, -0.2) is 9.78 Å². The molecular formula is C8H16O4. The highest BCUT2D eigenvalue weighted by Crippen LogP contribution is 2.01. The maximum absolute atomic E-state index is 8.32. The highest BCUT2D eigenvalue weighted by molar-refractivity contribution is 4.89. The highest BCUT2D eigenvalue weighted by atomic mass is 17.1. The highest BCUT2D eigenvalue weighted by Gasteiger charge is 2.00. The Labute approximate surface area is 72.3 Å². The van der Waals surface area contributed by atoms with Crippen LogP contribution in [0, 0.1) is 0 Å². The van der Waals surface area contributed by atoms with E-state index in [4.69, 9.17) is 10.5 Å². The van der Waals surface area contributed by atoms with Gasteiger partial charge in [0.1, 0.15) is 6.10 Å². The van der Waals surface area contributed by atoms with Crippen LogP contribution in [0.5, 0.6) is 0 Å². The molecule has 0 saturated heterocycles. The van der Waals surface area contributed by atoms with E-state index < -0.39 is 0 Å². The summed E-state index contributed by atoms with van der Waals surface area (Å²) >= 11 is 0. The maximum Gasteiger partial charge on any atom is 0.111 e. The molecule has 0 rings (SSSR count). The van der Waals surface area contributed by atoms with E-state index in [1.165, 1.54) is 0 Å². The molecule has 0 aromatic carbocycles. The zero-order chi connectivity index (χ0) is 9.40. The molecule has 72 valence electrons. The summed E-state index contributed by atoms with van der Waals surface area (Å²) in [6, 6.07) is 0. The predicted molar refractivity (Wildman–Crippen MR) is 44.7 cm³/mol. The van der Waals surface area contributed by atoms with Crippen LogP contribution in [0.4, 0.5) is 0 Å². The quantitative estimate of drug-likeness (QED) is 0.369. The van der Waals surface area contributed by atoms with E-state index in [9.17, 15) is 0 Å². The van der Waals surface area contributed by atoms with Crippen LogP contribution in [0.2, 0.25) is 0 Å². The summed E-state index contributed by atoms with van der Waals surface area (Å²) in [6.07, 6.45) is 4.34. The number of hydrogen-bond donors (Lipinski definition) is 2. The zero-order valence-electron chi connectivity index (χ0n) is 7.43. The van der Waals surface area contributed by atoms with E-state index >= 15 is 0 Å². The van der Waals surface area contributed by atoms with Gasteiger partial charge in [-0.15, -0.1) is 0 Å². The summed E-state index contributed by atoms with van der Waals surface area (Å²) in [5, 5.41) is 16.5. The van der Waals surface area contributed by atoms with Gasteiger partial charge in [0.15, 0.2) is 0 Å². The first-order chi connectivity index (χ1) is 5.74. The standard InChI is InChI=1S/C8H16O4/c1-3-8(12-10)6-4-5-7(2)11-9/h4,6-10H,3,5H2,1-2H3. The fourth-order valence-electron chi connectivity index (χ4n) is 0.711. The van der Waals surface area contributed by atoms with Crippen molar-refractivity contribution in [2.24, 2.45) is 0 Å². The molecular weight excluding hydrogens is 160 g/mol. The Bertz CT molecular complexity index is 120. The van der Waals surface area contributed by atoms with E-state index in [0.717, 1.165) is 0 Å². The molecule has 4 heteroatoms. The van der Waals surface area contributed by atoms with E-state index in [1.807, 2.05) is 6.92 Å². The fourth-order valence-corrected chi connectivity index (χ4v) is 0.711. The van der Waals surface area contributed by atoms with Crippen LogP contribution >= 0.6 is 0 Å². The molecule has 0 fully saturated rings. The largest absolute Gasteiger partial charge is 0.252 e. The zero-order valence-corrected chi connectivity index (χ0v) is 7.43. The Morgan fingerprint density at radius 2 is 2.00 bits per heavy atom. The lowest BCUT2D eigenvalue weighted by Crippen LogP contribution is -2.06. The van der Waals surface area contributed by atoms with Crippen LogP contribution in [0.3, 0.4) is 0 Å². The van der Waals surface area contributed by atoms with Crippen LogP contribution in [0.25, 0.3) is 0 Å². The molecule has 0 aromatic rings. The Balaban J connectivity index is 3.58. The summed E-state index contributed by atoms with van der Waals surface area (Å²) in [6.45, 7) is 3.64. The average molecular weight is 176 g/mol. The fraction of sp³-hybridized carbons (Fsp3) is 0.750. The van der Waals surface area contributed by atoms with Gasteiger partial charge in [-0.3, -0.25) is 10.5 Å². The second-order valence-corrected chi connectivity index (χ2v) is 2.63. The van der Waals surface area contributed by atoms with Crippen molar-refractivity contribution in [3.05, 3.63) is 12.2 Å². The first-order valence-electron chi connectivity index (χ1n) is 4.01. The van der Waals surface area contributed by atoms with Gasteiger partial charge in [-0.1, -0.05) is 19.1 Å². The first kappa shape index (κ1) is 11.6. The van der Waals surface area contributed by atoms with Gasteiger partial charge in [0.2, 0.25) is 0 Å². The minimum absolute atomic E-state index is 0.225. The number of rotatable bonds is 6. The molecule has 0 aromatic heterocycles. The lowest BCUT2D eigenvalue weighted by molar-refractivity contribution is -0.273. The molecule has 0 saturated carbocycles. The lowest BCUT2D eigenvalue weighted by atomic mass is 10.2. The lowest BCUT2D eigenvalue weighted by Gasteiger charge is -2.05. The van der Waals surface area contributed by atoms with Crippen LogP contribution in [0.15, 0.2) is 12.2 Å². The number of hydrogen-bond acceptors (Lipinski definition) is 4. The van der Waals surface area contributed by atoms with Crippen LogP contribution in [-0.4, -0.2) is 22.7 Å². The van der Waals surface area contributed by atoms with Crippen molar-refractivity contribution in [1.29, 1.82) is 0 Å². The van der Waals surface area contributed by atoms with Gasteiger partial charge >= 0.3 is 0 Å². The Hall–Kier alpha value is -0.420. The summed E-state index contributed by atoms with van der Waals surface area (Å²) in [7, 11) is 0. The van der Waals surface area contributed by atoms with Gasteiger partial charge < -0.3 is 0 Å². The molecule has 2 N–H and O–H groups in total. The van der Waals surface area contributed by atoms with Crippen molar-refractivity contribution in [3.63, 3.8) is 0 Å². The molecule has 0 spiro atoms. The predicted octanol–water partition coefficient (Wildman–Crippen LogP) is 2.08. The van der Waals surface area contributed by atoms with E-state index in [0.29, 0.717) is 12.8 Å². The second-order valence-electron chi connectivity index (χ2n) is 2.63. The van der Waals surface area contributed by atoms with Crippen molar-refractivity contribution < 1.29 is 20.3 Å². The smallest absolute Gasteiger partial charge is 0.111 e. The van der Waals surface area contributed by atoms with Crippen molar-refractivity contribution in [2.45, 2.75) is 38.9 Å². The monoisotopic (exact) mass is 176 g/mol. The Morgan fingerprint density at radius 1 is 1.33 bits per heavy atom. The van der Waals surface area contributed by atoms with Gasteiger partial charge in [0.05, 0.1) is 6.10 Å². The topological polar surface area (TPSA) is 58.9 Å². The second kappa shape index (κ2) is 7.24. The van der Waals surface area contributed by atoms with E-state index in [1.54, 1.807) is 19.1 Å². The van der Waals surface area contributed by atoms with Crippen molar-refractivity contribution in [1.82, 2.24) is 0 Å². The van der Waals surface area contributed by atoms with Crippen LogP contribution in [0.1, 0.15) is 26.7 Å². The van der Waals surface area contributed by atoms with Crippen molar-refractivity contribution in [3.8, 4) is 0 Å². The molecule has 0 amide bonds. The molecule has 0 aliphatic carbocycles. The van der Waals surface area contributed by atoms with E-state index in [-0.39, 0.29) is 12.2 Å². The van der Waals surface area contributed by atoms with E-state index in [2.05, 4.69) is 9.78 Å². The molecule has 12 heavy (non-hydrogen) atoms. The Kier molecular flexibility index (Phi) is 6.99. The van der Waals surface area contributed by atoms with Crippen LogP contribution in [-0.2, 0) is 9.78 Å². The summed E-state index contributed by atoms with van der Waals surface area (Å²) in [5.74, 6) is 0. The third-order valence-corrected chi connectivity index (χ3v) is 1.54. The normalized spacial score (nSPS) is 16.7. The minimum Gasteiger partial charge on any atom is -0.252 e. The third-order valence-electron chi connectivity index (χ3n) is 1.54. The summed E-state index contributed by atoms with van der Waals surface area (Å²) in [5.41, 5.74) is 0. The molecule has 4 nitrogen and oxygen atoms in total. The minimum atomic E-state index is -0.268. The van der Waals surface area contributed by atoms with Crippen molar-refractivity contribution >= 4 is 0 Å². The maximum atomic E-state index is 8.32. The van der Waals surface area contributed by atoms with Gasteiger partial charge in [0, 0.05) is 0 Å². The molecule has 2 unspecified atom stereocenters. The van der Waals surface area contributed by atoms with Gasteiger partial charge in [-0.2, -0.15) is 0 Å². The van der Waals surface area contributed by atoms with Crippen LogP contribution < -0.4 is 0 Å². The van der Waals surface area contributed by atoms with Crippen molar-refractivity contribution in [2.75, 3.05) is 0 Å². The third kappa shape index (κ3) is 5.26. The molecule has 0 radical (unpaired) electrons. The molecule has 0 heterocycles. The summed E-state index contributed by atoms with van der Waals surface area (Å²) in [4.78, 5) is 8.17. The first-order valence-corrected chi connectivity index (χ1v) is 4.01. The SMILES string of the molecule is CCC(C=CCC(C)OO)OO. The molecule has 0 aliphatic heterocycles.